The van der Waals surface area contributed by atoms with E-state index in [9.17, 15) is 0 Å². The second-order valence-corrected chi connectivity index (χ2v) is 5.44. The number of nitrogens with two attached hydrogens (primary N) is 1. The maximum absolute atomic E-state index is 6.22. The number of benzene rings is 1. The van der Waals surface area contributed by atoms with Crippen molar-refractivity contribution in [1.29, 1.82) is 0 Å². The highest BCUT2D eigenvalue weighted by Crippen LogP contribution is 2.33. The number of ether oxygens (including phenoxy) is 2. The van der Waals surface area contributed by atoms with Crippen LogP contribution in [0.4, 0.5) is 5.82 Å². The third kappa shape index (κ3) is 2.42. The second-order valence-electron chi connectivity index (χ2n) is 4.52. The van der Waals surface area contributed by atoms with Crippen LogP contribution in [-0.4, -0.2) is 23.6 Å². The first kappa shape index (κ1) is 13.8. The number of nitrogen functional groups attached to an aromatic ring is 1. The van der Waals surface area contributed by atoms with E-state index < -0.39 is 0 Å². The summed E-state index contributed by atoms with van der Waals surface area (Å²) in [6, 6.07) is 9.41. The summed E-state index contributed by atoms with van der Waals surface area (Å²) >= 11 is 3.43. The van der Waals surface area contributed by atoms with Crippen LogP contribution in [0.2, 0.25) is 0 Å². The van der Waals surface area contributed by atoms with Crippen molar-refractivity contribution < 1.29 is 9.47 Å². The Morgan fingerprint density at radius 2 is 1.76 bits per heavy atom. The first-order valence-electron chi connectivity index (χ1n) is 6.29. The van der Waals surface area contributed by atoms with Crippen molar-refractivity contribution in [2.75, 3.05) is 20.0 Å². The first-order chi connectivity index (χ1) is 10.1. The standard InChI is InChI=1S/C15H14BrN3O2/c1-20-11-5-9(6-12(7-11)21-2)14-15(17)19-8-10(16)3-4-13(19)18-14/h3-8H,17H2,1-2H3. The fourth-order valence-corrected chi connectivity index (χ4v) is 2.53. The number of aromatic nitrogens is 2. The van der Waals surface area contributed by atoms with Gasteiger partial charge in [0.2, 0.25) is 0 Å². The molecule has 0 saturated carbocycles. The SMILES string of the molecule is COc1cc(OC)cc(-c2nc3ccc(Br)cn3c2N)c1. The predicted molar refractivity (Wildman–Crippen MR) is 85.8 cm³/mol. The highest BCUT2D eigenvalue weighted by molar-refractivity contribution is 9.10. The maximum atomic E-state index is 6.22. The molecule has 6 heteroatoms. The van der Waals surface area contributed by atoms with Crippen LogP contribution in [0.1, 0.15) is 0 Å². The van der Waals surface area contributed by atoms with Gasteiger partial charge in [-0.05, 0) is 40.2 Å². The van der Waals surface area contributed by atoms with E-state index >= 15 is 0 Å². The average Bonchev–Trinajstić information content (AvgIpc) is 2.83. The number of nitrogens with zero attached hydrogens (tertiary/aromatic N) is 2. The number of hydrogen-bond donors (Lipinski definition) is 1. The molecule has 0 aliphatic carbocycles. The lowest BCUT2D eigenvalue weighted by atomic mass is 10.1. The predicted octanol–water partition coefficient (Wildman–Crippen LogP) is 3.36. The Hall–Kier alpha value is -2.21. The zero-order chi connectivity index (χ0) is 15.0. The van der Waals surface area contributed by atoms with Gasteiger partial charge in [0, 0.05) is 22.3 Å². The van der Waals surface area contributed by atoms with Gasteiger partial charge in [-0.25, -0.2) is 4.98 Å². The molecule has 0 radical (unpaired) electrons. The van der Waals surface area contributed by atoms with Crippen LogP contribution in [0.3, 0.4) is 0 Å². The van der Waals surface area contributed by atoms with Crippen molar-refractivity contribution in [3.63, 3.8) is 0 Å². The van der Waals surface area contributed by atoms with Gasteiger partial charge in [0.05, 0.1) is 14.2 Å². The number of fused-ring (bicyclic) bond motifs is 1. The Balaban J connectivity index is 2.22. The van der Waals surface area contributed by atoms with Crippen molar-refractivity contribution in [1.82, 2.24) is 9.38 Å². The van der Waals surface area contributed by atoms with Crippen molar-refractivity contribution in [2.45, 2.75) is 0 Å². The van der Waals surface area contributed by atoms with Crippen molar-refractivity contribution in [2.24, 2.45) is 0 Å². The molecule has 1 aromatic carbocycles. The van der Waals surface area contributed by atoms with Crippen LogP contribution >= 0.6 is 15.9 Å². The van der Waals surface area contributed by atoms with E-state index in [1.807, 2.05) is 40.9 Å². The largest absolute Gasteiger partial charge is 0.497 e. The molecule has 5 nitrogen and oxygen atoms in total. The first-order valence-corrected chi connectivity index (χ1v) is 7.08. The molecule has 108 valence electrons. The van der Waals surface area contributed by atoms with Crippen LogP contribution in [0.5, 0.6) is 11.5 Å². The molecule has 0 aliphatic rings. The Morgan fingerprint density at radius 3 is 2.38 bits per heavy atom. The van der Waals surface area contributed by atoms with Crippen molar-refractivity contribution >= 4 is 27.4 Å². The highest BCUT2D eigenvalue weighted by Gasteiger charge is 2.13. The summed E-state index contributed by atoms with van der Waals surface area (Å²) in [6.07, 6.45) is 1.89. The molecule has 3 rings (SSSR count). The van der Waals surface area contributed by atoms with Crippen molar-refractivity contribution in [3.05, 3.63) is 41.0 Å². The van der Waals surface area contributed by atoms with E-state index in [-0.39, 0.29) is 0 Å². The van der Waals surface area contributed by atoms with Crippen molar-refractivity contribution in [3.8, 4) is 22.8 Å². The maximum Gasteiger partial charge on any atom is 0.139 e. The summed E-state index contributed by atoms with van der Waals surface area (Å²) < 4.78 is 13.4. The van der Waals surface area contributed by atoms with Gasteiger partial charge in [-0.2, -0.15) is 0 Å². The molecule has 3 aromatic rings. The lowest BCUT2D eigenvalue weighted by Gasteiger charge is -2.07. The third-order valence-corrected chi connectivity index (χ3v) is 3.71. The molecule has 0 saturated heterocycles. The number of hydrogen-bond acceptors (Lipinski definition) is 4. The Bertz CT molecular complexity index is 792. The lowest BCUT2D eigenvalue weighted by Crippen LogP contribution is -1.95. The van der Waals surface area contributed by atoms with E-state index in [2.05, 4.69) is 20.9 Å². The Labute approximate surface area is 130 Å². The Morgan fingerprint density at radius 1 is 1.10 bits per heavy atom. The molecular formula is C15H14BrN3O2. The van der Waals surface area contributed by atoms with Gasteiger partial charge in [0.15, 0.2) is 0 Å². The number of anilines is 1. The monoisotopic (exact) mass is 347 g/mol. The van der Waals surface area contributed by atoms with Crippen LogP contribution < -0.4 is 15.2 Å². The van der Waals surface area contributed by atoms with Crippen LogP contribution in [0, 0.1) is 0 Å². The van der Waals surface area contributed by atoms with Gasteiger partial charge in [0.25, 0.3) is 0 Å². The van der Waals surface area contributed by atoms with Crippen LogP contribution in [0.15, 0.2) is 41.0 Å². The molecule has 2 aromatic heterocycles. The van der Waals surface area contributed by atoms with Crippen LogP contribution in [-0.2, 0) is 0 Å². The summed E-state index contributed by atoms with van der Waals surface area (Å²) in [5, 5.41) is 0. The van der Waals surface area contributed by atoms with E-state index in [0.717, 1.165) is 15.7 Å². The van der Waals surface area contributed by atoms with E-state index in [1.165, 1.54) is 0 Å². The Kier molecular flexibility index (Phi) is 3.47. The van der Waals surface area contributed by atoms with Crippen LogP contribution in [0.25, 0.3) is 16.9 Å². The van der Waals surface area contributed by atoms with Gasteiger partial charge in [0.1, 0.15) is 28.7 Å². The zero-order valence-corrected chi connectivity index (χ0v) is 13.2. The fourth-order valence-electron chi connectivity index (χ4n) is 2.19. The zero-order valence-electron chi connectivity index (χ0n) is 11.6. The molecule has 0 spiro atoms. The minimum absolute atomic E-state index is 0.571. The molecule has 0 fully saturated rings. The van der Waals surface area contributed by atoms with E-state index in [0.29, 0.717) is 23.0 Å². The third-order valence-electron chi connectivity index (χ3n) is 3.24. The number of rotatable bonds is 3. The number of pyridine rings is 1. The summed E-state index contributed by atoms with van der Waals surface area (Å²) in [6.45, 7) is 0. The number of imidazole rings is 1. The summed E-state index contributed by atoms with van der Waals surface area (Å²) in [5.74, 6) is 1.96. The molecule has 0 atom stereocenters. The molecule has 0 aliphatic heterocycles. The van der Waals surface area contributed by atoms with E-state index in [4.69, 9.17) is 15.2 Å². The van der Waals surface area contributed by atoms with Gasteiger partial charge < -0.3 is 15.2 Å². The average molecular weight is 348 g/mol. The van der Waals surface area contributed by atoms with Gasteiger partial charge in [-0.1, -0.05) is 0 Å². The highest BCUT2D eigenvalue weighted by atomic mass is 79.9. The second kappa shape index (κ2) is 5.29. The minimum Gasteiger partial charge on any atom is -0.497 e. The molecule has 0 unspecified atom stereocenters. The molecule has 2 N–H and O–H groups in total. The topological polar surface area (TPSA) is 61.8 Å². The summed E-state index contributed by atoms with van der Waals surface area (Å²) in [7, 11) is 3.23. The number of methoxy groups -OCH3 is 2. The molecular weight excluding hydrogens is 334 g/mol. The molecule has 21 heavy (non-hydrogen) atoms. The molecule has 0 amide bonds. The van der Waals surface area contributed by atoms with Gasteiger partial charge >= 0.3 is 0 Å². The quantitative estimate of drug-likeness (QED) is 0.788. The molecule has 2 heterocycles. The fraction of sp³-hybridized carbons (Fsp3) is 0.133. The smallest absolute Gasteiger partial charge is 0.139 e. The number of halogens is 1. The van der Waals surface area contributed by atoms with Gasteiger partial charge in [-0.3, -0.25) is 4.40 Å². The van der Waals surface area contributed by atoms with E-state index in [1.54, 1.807) is 14.2 Å². The minimum atomic E-state index is 0.571. The summed E-state index contributed by atoms with van der Waals surface area (Å²) in [4.78, 5) is 4.58. The van der Waals surface area contributed by atoms with Gasteiger partial charge in [-0.15, -0.1) is 0 Å². The summed E-state index contributed by atoms with van der Waals surface area (Å²) in [5.41, 5.74) is 8.56. The normalized spacial score (nSPS) is 10.8. The molecule has 0 bridgehead atoms. The lowest BCUT2D eigenvalue weighted by molar-refractivity contribution is 0.394.